The van der Waals surface area contributed by atoms with E-state index in [9.17, 15) is 4.79 Å². The Labute approximate surface area is 156 Å². The summed E-state index contributed by atoms with van der Waals surface area (Å²) in [7, 11) is 0. The minimum Gasteiger partial charge on any atom is -0.481 e. The molecule has 3 nitrogen and oxygen atoms in total. The highest BCUT2D eigenvalue weighted by Gasteiger charge is 2.19. The van der Waals surface area contributed by atoms with Gasteiger partial charge in [0.25, 0.3) is 5.91 Å². The predicted octanol–water partition coefficient (Wildman–Crippen LogP) is 4.83. The monoisotopic (exact) mass is 351 g/mol. The van der Waals surface area contributed by atoms with Gasteiger partial charge in [-0.2, -0.15) is 0 Å². The van der Waals surface area contributed by atoms with Crippen LogP contribution in [0, 0.1) is 13.8 Å². The maximum absolute atomic E-state index is 12.6. The fourth-order valence-electron chi connectivity index (χ4n) is 3.52. The molecule has 0 saturated heterocycles. The Morgan fingerprint density at radius 2 is 1.73 bits per heavy atom. The molecule has 0 bridgehead atoms. The molecule has 0 unspecified atom stereocenters. The third kappa shape index (κ3) is 4.27. The largest absolute Gasteiger partial charge is 0.481 e. The molecule has 0 saturated carbocycles. The van der Waals surface area contributed by atoms with Crippen molar-refractivity contribution in [3.05, 3.63) is 64.2 Å². The van der Waals surface area contributed by atoms with Crippen LogP contribution in [0.2, 0.25) is 0 Å². The predicted molar refractivity (Wildman–Crippen MR) is 106 cm³/mol. The molecule has 1 aliphatic carbocycles. The summed E-state index contributed by atoms with van der Waals surface area (Å²) >= 11 is 0. The van der Waals surface area contributed by atoms with Gasteiger partial charge >= 0.3 is 0 Å². The first-order valence-corrected chi connectivity index (χ1v) is 9.60. The van der Waals surface area contributed by atoms with Crippen molar-refractivity contribution in [1.82, 2.24) is 5.32 Å². The van der Waals surface area contributed by atoms with Crippen molar-refractivity contribution in [2.45, 2.75) is 65.5 Å². The van der Waals surface area contributed by atoms with Gasteiger partial charge in [0, 0.05) is 0 Å². The molecule has 2 aromatic carbocycles. The summed E-state index contributed by atoms with van der Waals surface area (Å²) in [5, 5.41) is 3.09. The summed E-state index contributed by atoms with van der Waals surface area (Å²) in [5.41, 5.74) is 6.23. The van der Waals surface area contributed by atoms with E-state index >= 15 is 0 Å². The molecule has 0 aliphatic heterocycles. The lowest BCUT2D eigenvalue weighted by Crippen LogP contribution is -2.38. The lowest BCUT2D eigenvalue weighted by Gasteiger charge is -2.22. The van der Waals surface area contributed by atoms with E-state index in [2.05, 4.69) is 23.5 Å². The zero-order chi connectivity index (χ0) is 18.7. The first-order chi connectivity index (χ1) is 12.4. The summed E-state index contributed by atoms with van der Waals surface area (Å²) in [6.45, 7) is 7.86. The van der Waals surface area contributed by atoms with Gasteiger partial charge in [-0.05, 0) is 87.3 Å². The lowest BCUT2D eigenvalue weighted by molar-refractivity contribution is -0.127. The van der Waals surface area contributed by atoms with E-state index in [0.717, 1.165) is 28.9 Å². The van der Waals surface area contributed by atoms with E-state index < -0.39 is 6.10 Å². The second-order valence-electron chi connectivity index (χ2n) is 7.49. The summed E-state index contributed by atoms with van der Waals surface area (Å²) < 4.78 is 5.90. The molecule has 1 amide bonds. The summed E-state index contributed by atoms with van der Waals surface area (Å²) in [5.74, 6) is 0.685. The molecule has 26 heavy (non-hydrogen) atoms. The third-order valence-corrected chi connectivity index (χ3v) is 5.25. The van der Waals surface area contributed by atoms with Crippen molar-refractivity contribution in [3.8, 4) is 5.75 Å². The highest BCUT2D eigenvalue weighted by atomic mass is 16.5. The molecule has 3 rings (SSSR count). The van der Waals surface area contributed by atoms with Gasteiger partial charge < -0.3 is 10.1 Å². The number of nitrogens with one attached hydrogen (secondary N) is 1. The van der Waals surface area contributed by atoms with Crippen molar-refractivity contribution in [2.75, 3.05) is 0 Å². The Bertz CT molecular complexity index is 797. The smallest absolute Gasteiger partial charge is 0.261 e. The quantitative estimate of drug-likeness (QED) is 0.838. The minimum absolute atomic E-state index is 0.0283. The molecule has 2 atom stereocenters. The normalized spacial score (nSPS) is 15.7. The second-order valence-corrected chi connectivity index (χ2v) is 7.49. The van der Waals surface area contributed by atoms with Crippen LogP contribution < -0.4 is 10.1 Å². The number of rotatable bonds is 5. The van der Waals surface area contributed by atoms with Gasteiger partial charge in [-0.25, -0.2) is 0 Å². The number of carbonyl (C=O) groups excluding carboxylic acids is 1. The first-order valence-electron chi connectivity index (χ1n) is 9.60. The number of fused-ring (bicyclic) bond motifs is 1. The Morgan fingerprint density at radius 1 is 1.00 bits per heavy atom. The van der Waals surface area contributed by atoms with Crippen LogP contribution in [0.4, 0.5) is 0 Å². The Morgan fingerprint density at radius 3 is 2.50 bits per heavy atom. The third-order valence-electron chi connectivity index (χ3n) is 5.25. The lowest BCUT2D eigenvalue weighted by atomic mass is 9.89. The SMILES string of the molecule is Cc1ccc(C)c(O[C@@H](C)C(=O)N[C@@H](C)c2ccc3c(c2)CCCC3)c1. The topological polar surface area (TPSA) is 38.3 Å². The van der Waals surface area contributed by atoms with Crippen molar-refractivity contribution >= 4 is 5.91 Å². The number of ether oxygens (including phenoxy) is 1. The average molecular weight is 351 g/mol. The van der Waals surface area contributed by atoms with Crippen LogP contribution in [0.1, 0.15) is 60.5 Å². The zero-order valence-corrected chi connectivity index (χ0v) is 16.3. The maximum Gasteiger partial charge on any atom is 0.261 e. The first kappa shape index (κ1) is 18.5. The number of hydrogen-bond donors (Lipinski definition) is 1. The van der Waals surface area contributed by atoms with E-state index in [1.807, 2.05) is 39.0 Å². The van der Waals surface area contributed by atoms with Crippen LogP contribution in [0.3, 0.4) is 0 Å². The molecule has 0 fully saturated rings. The molecule has 0 heterocycles. The van der Waals surface area contributed by atoms with E-state index in [1.165, 1.54) is 30.4 Å². The molecular formula is C23H29NO2. The highest BCUT2D eigenvalue weighted by molar-refractivity contribution is 5.81. The number of aryl methyl sites for hydroxylation is 4. The Hall–Kier alpha value is -2.29. The van der Waals surface area contributed by atoms with Gasteiger partial charge in [0.1, 0.15) is 5.75 Å². The summed E-state index contributed by atoms with van der Waals surface area (Å²) in [6, 6.07) is 12.6. The molecular weight excluding hydrogens is 322 g/mol. The zero-order valence-electron chi connectivity index (χ0n) is 16.3. The van der Waals surface area contributed by atoms with Crippen LogP contribution in [0.5, 0.6) is 5.75 Å². The molecule has 0 aromatic heterocycles. The van der Waals surface area contributed by atoms with Gasteiger partial charge in [-0.3, -0.25) is 4.79 Å². The summed E-state index contributed by atoms with van der Waals surface area (Å²) in [6.07, 6.45) is 4.34. The molecule has 2 aromatic rings. The molecule has 0 spiro atoms. The van der Waals surface area contributed by atoms with Crippen molar-refractivity contribution in [1.29, 1.82) is 0 Å². The molecule has 138 valence electrons. The number of hydrogen-bond acceptors (Lipinski definition) is 2. The van der Waals surface area contributed by atoms with E-state index in [4.69, 9.17) is 4.74 Å². The van der Waals surface area contributed by atoms with Crippen molar-refractivity contribution in [2.24, 2.45) is 0 Å². The Balaban J connectivity index is 1.64. The highest BCUT2D eigenvalue weighted by Crippen LogP contribution is 2.25. The van der Waals surface area contributed by atoms with Gasteiger partial charge in [-0.1, -0.05) is 30.3 Å². The van der Waals surface area contributed by atoms with Crippen LogP contribution in [0.15, 0.2) is 36.4 Å². The van der Waals surface area contributed by atoms with E-state index in [0.29, 0.717) is 0 Å². The number of benzene rings is 2. The molecule has 3 heteroatoms. The van der Waals surface area contributed by atoms with Gasteiger partial charge in [0.15, 0.2) is 6.10 Å². The van der Waals surface area contributed by atoms with Crippen LogP contribution >= 0.6 is 0 Å². The van der Waals surface area contributed by atoms with E-state index in [1.54, 1.807) is 6.92 Å². The fraction of sp³-hybridized carbons (Fsp3) is 0.435. The van der Waals surface area contributed by atoms with Gasteiger partial charge in [-0.15, -0.1) is 0 Å². The summed E-state index contributed by atoms with van der Waals surface area (Å²) in [4.78, 5) is 12.6. The maximum atomic E-state index is 12.6. The molecule has 0 radical (unpaired) electrons. The standard InChI is InChI=1S/C23H29NO2/c1-15-9-10-16(2)22(13-15)26-18(4)23(25)24-17(3)20-12-11-19-7-5-6-8-21(19)14-20/h9-14,17-18H,5-8H2,1-4H3,(H,24,25)/t17-,18-/m0/s1. The molecule has 1 N–H and O–H groups in total. The minimum atomic E-state index is -0.532. The number of carbonyl (C=O) groups is 1. The van der Waals surface area contributed by atoms with Crippen LogP contribution in [-0.2, 0) is 17.6 Å². The average Bonchev–Trinajstić information content (AvgIpc) is 2.64. The van der Waals surface area contributed by atoms with Gasteiger partial charge in [0.05, 0.1) is 6.04 Å². The van der Waals surface area contributed by atoms with Gasteiger partial charge in [0.2, 0.25) is 0 Å². The van der Waals surface area contributed by atoms with Crippen LogP contribution in [-0.4, -0.2) is 12.0 Å². The van der Waals surface area contributed by atoms with Crippen molar-refractivity contribution < 1.29 is 9.53 Å². The van der Waals surface area contributed by atoms with Crippen LogP contribution in [0.25, 0.3) is 0 Å². The fourth-order valence-corrected chi connectivity index (χ4v) is 3.52. The number of amides is 1. The second kappa shape index (κ2) is 7.94. The molecule has 1 aliphatic rings. The van der Waals surface area contributed by atoms with E-state index in [-0.39, 0.29) is 11.9 Å². The Kier molecular flexibility index (Phi) is 5.65. The van der Waals surface area contributed by atoms with Crippen molar-refractivity contribution in [3.63, 3.8) is 0 Å².